The fourth-order valence-corrected chi connectivity index (χ4v) is 1.89. The first kappa shape index (κ1) is 12.8. The van der Waals surface area contributed by atoms with Crippen LogP contribution in [0.1, 0.15) is 15.9 Å². The third-order valence-electron chi connectivity index (χ3n) is 2.25. The van der Waals surface area contributed by atoms with Gasteiger partial charge >= 0.3 is 0 Å². The van der Waals surface area contributed by atoms with Crippen LogP contribution in [-0.2, 0) is 0 Å². The van der Waals surface area contributed by atoms with Crippen molar-refractivity contribution in [3.8, 4) is 0 Å². The summed E-state index contributed by atoms with van der Waals surface area (Å²) in [6.45, 7) is 0. The SMILES string of the molecule is O=C(c1cncc(F)c1)c1ccc(F)c(F)c1Br. The Kier molecular flexibility index (Phi) is 3.47. The highest BCUT2D eigenvalue weighted by atomic mass is 79.9. The van der Waals surface area contributed by atoms with Gasteiger partial charge in [-0.15, -0.1) is 0 Å². The molecular formula is C12H5BrF3NO. The molecule has 1 aromatic heterocycles. The molecule has 6 heteroatoms. The summed E-state index contributed by atoms with van der Waals surface area (Å²) in [6.07, 6.45) is 2.09. The van der Waals surface area contributed by atoms with Crippen LogP contribution in [0.3, 0.4) is 0 Å². The van der Waals surface area contributed by atoms with E-state index >= 15 is 0 Å². The van der Waals surface area contributed by atoms with Gasteiger partial charge < -0.3 is 0 Å². The molecule has 2 aromatic rings. The van der Waals surface area contributed by atoms with Gasteiger partial charge in [0.05, 0.1) is 10.7 Å². The molecule has 2 nitrogen and oxygen atoms in total. The molecule has 1 aromatic carbocycles. The quantitative estimate of drug-likeness (QED) is 0.627. The van der Waals surface area contributed by atoms with Crippen molar-refractivity contribution >= 4 is 21.7 Å². The van der Waals surface area contributed by atoms with E-state index in [1.807, 2.05) is 0 Å². The number of carbonyl (C=O) groups excluding carboxylic acids is 1. The zero-order valence-electron chi connectivity index (χ0n) is 8.75. The van der Waals surface area contributed by atoms with Crippen LogP contribution in [0.5, 0.6) is 0 Å². The largest absolute Gasteiger partial charge is 0.289 e. The minimum Gasteiger partial charge on any atom is -0.289 e. The van der Waals surface area contributed by atoms with Gasteiger partial charge in [0.15, 0.2) is 17.4 Å². The molecule has 0 saturated carbocycles. The lowest BCUT2D eigenvalue weighted by Crippen LogP contribution is -2.05. The molecule has 0 radical (unpaired) electrons. The molecule has 92 valence electrons. The van der Waals surface area contributed by atoms with E-state index < -0.39 is 23.2 Å². The van der Waals surface area contributed by atoms with Crippen LogP contribution < -0.4 is 0 Å². The standard InChI is InChI=1S/C12H5BrF3NO/c13-10-8(1-2-9(15)11(10)16)12(18)6-3-7(14)5-17-4-6/h1-5H. The van der Waals surface area contributed by atoms with Crippen LogP contribution in [-0.4, -0.2) is 10.8 Å². The molecule has 0 aliphatic rings. The number of aromatic nitrogens is 1. The normalized spacial score (nSPS) is 10.4. The number of nitrogens with zero attached hydrogens (tertiary/aromatic N) is 1. The zero-order chi connectivity index (χ0) is 13.3. The van der Waals surface area contributed by atoms with E-state index in [1.165, 1.54) is 0 Å². The summed E-state index contributed by atoms with van der Waals surface area (Å²) in [4.78, 5) is 15.5. The van der Waals surface area contributed by atoms with Gasteiger partial charge in [-0.25, -0.2) is 13.2 Å². The predicted molar refractivity (Wildman–Crippen MR) is 61.7 cm³/mol. The molecular weight excluding hydrogens is 311 g/mol. The van der Waals surface area contributed by atoms with Crippen molar-refractivity contribution in [2.45, 2.75) is 0 Å². The first-order valence-electron chi connectivity index (χ1n) is 4.79. The number of pyridine rings is 1. The third kappa shape index (κ3) is 2.28. The van der Waals surface area contributed by atoms with Crippen molar-refractivity contribution in [2.75, 3.05) is 0 Å². The molecule has 0 N–H and O–H groups in total. The number of carbonyl (C=O) groups is 1. The van der Waals surface area contributed by atoms with E-state index in [4.69, 9.17) is 0 Å². The van der Waals surface area contributed by atoms with Crippen molar-refractivity contribution in [2.24, 2.45) is 0 Å². The molecule has 0 spiro atoms. The molecule has 0 fully saturated rings. The number of halogens is 4. The predicted octanol–water partition coefficient (Wildman–Crippen LogP) is 3.49. The second kappa shape index (κ2) is 4.89. The number of rotatable bonds is 2. The average molecular weight is 316 g/mol. The summed E-state index contributed by atoms with van der Waals surface area (Å²) >= 11 is 2.80. The summed E-state index contributed by atoms with van der Waals surface area (Å²) in [5.41, 5.74) is -0.136. The van der Waals surface area contributed by atoms with Crippen LogP contribution in [0.2, 0.25) is 0 Å². The van der Waals surface area contributed by atoms with Crippen LogP contribution in [0.25, 0.3) is 0 Å². The Morgan fingerprint density at radius 1 is 1.17 bits per heavy atom. The summed E-state index contributed by atoms with van der Waals surface area (Å²) in [5.74, 6) is -3.56. The van der Waals surface area contributed by atoms with Crippen LogP contribution >= 0.6 is 15.9 Å². The van der Waals surface area contributed by atoms with Crippen molar-refractivity contribution in [1.82, 2.24) is 4.98 Å². The van der Waals surface area contributed by atoms with Gasteiger partial charge in [-0.2, -0.15) is 0 Å². The van der Waals surface area contributed by atoms with Gasteiger partial charge in [0.25, 0.3) is 0 Å². The highest BCUT2D eigenvalue weighted by Crippen LogP contribution is 2.25. The molecule has 2 rings (SSSR count). The summed E-state index contributed by atoms with van der Waals surface area (Å²) in [5, 5.41) is 0. The highest BCUT2D eigenvalue weighted by Gasteiger charge is 2.18. The maximum atomic E-state index is 13.3. The highest BCUT2D eigenvalue weighted by molar-refractivity contribution is 9.10. The van der Waals surface area contributed by atoms with Gasteiger partial charge in [0.1, 0.15) is 5.82 Å². The van der Waals surface area contributed by atoms with Crippen molar-refractivity contribution in [3.63, 3.8) is 0 Å². The smallest absolute Gasteiger partial charge is 0.195 e. The van der Waals surface area contributed by atoms with Crippen LogP contribution in [0.15, 0.2) is 35.1 Å². The molecule has 0 aliphatic heterocycles. The average Bonchev–Trinajstić information content (AvgIpc) is 2.35. The minimum absolute atomic E-state index is 0.0401. The second-order valence-electron chi connectivity index (χ2n) is 3.44. The second-order valence-corrected chi connectivity index (χ2v) is 4.24. The molecule has 1 heterocycles. The first-order valence-corrected chi connectivity index (χ1v) is 5.58. The maximum Gasteiger partial charge on any atom is 0.195 e. The monoisotopic (exact) mass is 315 g/mol. The lowest BCUT2D eigenvalue weighted by atomic mass is 10.0. The van der Waals surface area contributed by atoms with Gasteiger partial charge in [0.2, 0.25) is 0 Å². The van der Waals surface area contributed by atoms with Crippen molar-refractivity contribution in [1.29, 1.82) is 0 Å². The summed E-state index contributed by atoms with van der Waals surface area (Å²) in [6, 6.07) is 2.93. The molecule has 0 saturated heterocycles. The lowest BCUT2D eigenvalue weighted by Gasteiger charge is -2.05. The third-order valence-corrected chi connectivity index (χ3v) is 3.02. The van der Waals surface area contributed by atoms with E-state index in [0.29, 0.717) is 0 Å². The Morgan fingerprint density at radius 2 is 1.89 bits per heavy atom. The molecule has 0 aliphatic carbocycles. The number of benzene rings is 1. The van der Waals surface area contributed by atoms with Gasteiger partial charge in [-0.1, -0.05) is 0 Å². The lowest BCUT2D eigenvalue weighted by molar-refractivity contribution is 0.103. The summed E-state index contributed by atoms with van der Waals surface area (Å²) < 4.78 is 38.8. The Balaban J connectivity index is 2.50. The number of ketones is 1. The number of hydrogen-bond acceptors (Lipinski definition) is 2. The van der Waals surface area contributed by atoms with Crippen LogP contribution in [0, 0.1) is 17.5 Å². The molecule has 0 atom stereocenters. The van der Waals surface area contributed by atoms with Crippen molar-refractivity contribution < 1.29 is 18.0 Å². The van der Waals surface area contributed by atoms with Crippen LogP contribution in [0.4, 0.5) is 13.2 Å². The van der Waals surface area contributed by atoms with Gasteiger partial charge in [-0.05, 0) is 34.1 Å². The number of hydrogen-bond donors (Lipinski definition) is 0. The molecule has 0 amide bonds. The van der Waals surface area contributed by atoms with E-state index in [2.05, 4.69) is 20.9 Å². The van der Waals surface area contributed by atoms with E-state index in [0.717, 1.165) is 30.6 Å². The Hall–Kier alpha value is -1.69. The molecule has 18 heavy (non-hydrogen) atoms. The zero-order valence-corrected chi connectivity index (χ0v) is 10.3. The topological polar surface area (TPSA) is 30.0 Å². The fraction of sp³-hybridized carbons (Fsp3) is 0. The van der Waals surface area contributed by atoms with Gasteiger partial charge in [0, 0.05) is 17.3 Å². The summed E-state index contributed by atoms with van der Waals surface area (Å²) in [7, 11) is 0. The van der Waals surface area contributed by atoms with E-state index in [1.54, 1.807) is 0 Å². The Labute approximate surface area is 109 Å². The van der Waals surface area contributed by atoms with E-state index in [-0.39, 0.29) is 15.6 Å². The maximum absolute atomic E-state index is 13.3. The van der Waals surface area contributed by atoms with E-state index in [9.17, 15) is 18.0 Å². The molecule has 0 bridgehead atoms. The fourth-order valence-electron chi connectivity index (χ4n) is 1.39. The molecule has 0 unspecified atom stereocenters. The van der Waals surface area contributed by atoms with Crippen molar-refractivity contribution in [3.05, 3.63) is 63.6 Å². The Morgan fingerprint density at radius 3 is 2.56 bits per heavy atom. The van der Waals surface area contributed by atoms with Gasteiger partial charge in [-0.3, -0.25) is 9.78 Å². The minimum atomic E-state index is -1.16. The Bertz CT molecular complexity index is 631. The first-order chi connectivity index (χ1) is 8.50.